The highest BCUT2D eigenvalue weighted by Gasteiger charge is 2.14. The lowest BCUT2D eigenvalue weighted by Crippen LogP contribution is -1.95. The van der Waals surface area contributed by atoms with Crippen LogP contribution >= 0.6 is 0 Å². The van der Waals surface area contributed by atoms with Gasteiger partial charge in [0.1, 0.15) is 12.3 Å². The number of nitriles is 1. The number of ketones is 1. The molecular formula is C13H12N2O2. The lowest BCUT2D eigenvalue weighted by molar-refractivity contribution is 0.101. The summed E-state index contributed by atoms with van der Waals surface area (Å²) in [5, 5.41) is 9.62. The summed E-state index contributed by atoms with van der Waals surface area (Å²) in [7, 11) is 1.58. The number of fused-ring (bicyclic) bond motifs is 1. The molecule has 4 nitrogen and oxygen atoms in total. The second-order valence-electron chi connectivity index (χ2n) is 3.74. The van der Waals surface area contributed by atoms with E-state index in [1.165, 1.54) is 6.92 Å². The number of ether oxygens (including phenoxy) is 1. The molecule has 0 saturated carbocycles. The summed E-state index contributed by atoms with van der Waals surface area (Å²) in [5.41, 5.74) is 1.41. The van der Waals surface area contributed by atoms with Crippen molar-refractivity contribution >= 4 is 16.7 Å². The Morgan fingerprint density at radius 2 is 2.29 bits per heavy atom. The predicted molar refractivity (Wildman–Crippen MR) is 64.1 cm³/mol. The second-order valence-corrected chi connectivity index (χ2v) is 3.74. The first-order valence-corrected chi connectivity index (χ1v) is 5.22. The van der Waals surface area contributed by atoms with E-state index in [0.29, 0.717) is 11.3 Å². The molecule has 0 bridgehead atoms. The van der Waals surface area contributed by atoms with Crippen molar-refractivity contribution in [1.29, 1.82) is 5.26 Å². The Labute approximate surface area is 99.0 Å². The molecule has 86 valence electrons. The van der Waals surface area contributed by atoms with E-state index in [1.54, 1.807) is 17.9 Å². The molecule has 0 unspecified atom stereocenters. The minimum absolute atomic E-state index is 0.0139. The maximum absolute atomic E-state index is 11.5. The van der Waals surface area contributed by atoms with Gasteiger partial charge in [-0.05, 0) is 13.0 Å². The van der Waals surface area contributed by atoms with Crippen molar-refractivity contribution in [3.05, 3.63) is 30.0 Å². The third kappa shape index (κ3) is 1.76. The van der Waals surface area contributed by atoms with Gasteiger partial charge >= 0.3 is 0 Å². The minimum Gasteiger partial charge on any atom is -0.495 e. The van der Waals surface area contributed by atoms with E-state index >= 15 is 0 Å². The van der Waals surface area contributed by atoms with Crippen LogP contribution in [0.3, 0.4) is 0 Å². The van der Waals surface area contributed by atoms with E-state index in [-0.39, 0.29) is 12.3 Å². The average Bonchev–Trinajstić information content (AvgIpc) is 2.69. The second kappa shape index (κ2) is 4.30. The van der Waals surface area contributed by atoms with Crippen LogP contribution in [-0.4, -0.2) is 17.5 Å². The number of hydrogen-bond acceptors (Lipinski definition) is 3. The molecule has 0 spiro atoms. The van der Waals surface area contributed by atoms with Gasteiger partial charge in [0.15, 0.2) is 5.78 Å². The van der Waals surface area contributed by atoms with Gasteiger partial charge in [0, 0.05) is 17.1 Å². The van der Waals surface area contributed by atoms with Crippen molar-refractivity contribution < 1.29 is 9.53 Å². The molecule has 0 N–H and O–H groups in total. The fraction of sp³-hybridized carbons (Fsp3) is 0.231. The van der Waals surface area contributed by atoms with Gasteiger partial charge in [-0.1, -0.05) is 12.1 Å². The lowest BCUT2D eigenvalue weighted by Gasteiger charge is -2.05. The Hall–Kier alpha value is -2.28. The zero-order valence-electron chi connectivity index (χ0n) is 9.73. The number of rotatable bonds is 3. The highest BCUT2D eigenvalue weighted by Crippen LogP contribution is 2.29. The summed E-state index contributed by atoms with van der Waals surface area (Å²) >= 11 is 0. The maximum Gasteiger partial charge on any atom is 0.161 e. The van der Waals surface area contributed by atoms with E-state index in [4.69, 9.17) is 10.00 Å². The molecule has 0 aliphatic rings. The van der Waals surface area contributed by atoms with E-state index < -0.39 is 0 Å². The summed E-state index contributed by atoms with van der Waals surface area (Å²) in [6.07, 6.45) is 1.71. The van der Waals surface area contributed by atoms with Crippen molar-refractivity contribution in [3.63, 3.8) is 0 Å². The van der Waals surface area contributed by atoms with Crippen LogP contribution in [0.5, 0.6) is 5.75 Å². The molecule has 4 heteroatoms. The Morgan fingerprint density at radius 1 is 1.53 bits per heavy atom. The molecule has 0 aliphatic heterocycles. The molecule has 2 aromatic rings. The Bertz CT molecular complexity index is 620. The van der Waals surface area contributed by atoms with Gasteiger partial charge in [0.05, 0.1) is 18.7 Å². The topological polar surface area (TPSA) is 55.0 Å². The molecule has 1 aromatic heterocycles. The number of para-hydroxylation sites is 1. The maximum atomic E-state index is 11.5. The summed E-state index contributed by atoms with van der Waals surface area (Å²) in [5.74, 6) is 0.658. The van der Waals surface area contributed by atoms with Gasteiger partial charge in [0.25, 0.3) is 0 Å². The number of Topliss-reactive ketones (excluding diaryl/α,β-unsaturated/α-hetero) is 1. The zero-order valence-corrected chi connectivity index (χ0v) is 9.73. The van der Waals surface area contributed by atoms with Crippen LogP contribution in [0.1, 0.15) is 17.3 Å². The Morgan fingerprint density at radius 3 is 2.88 bits per heavy atom. The number of carbonyl (C=O) groups excluding carboxylic acids is 1. The largest absolute Gasteiger partial charge is 0.495 e. The van der Waals surface area contributed by atoms with Gasteiger partial charge in [-0.2, -0.15) is 5.26 Å². The first kappa shape index (κ1) is 11.2. The summed E-state index contributed by atoms with van der Waals surface area (Å²) in [6.45, 7) is 1.72. The van der Waals surface area contributed by atoms with Crippen LogP contribution in [0.15, 0.2) is 24.4 Å². The average molecular weight is 228 g/mol. The lowest BCUT2D eigenvalue weighted by atomic mass is 10.1. The first-order chi connectivity index (χ1) is 8.19. The van der Waals surface area contributed by atoms with Gasteiger partial charge < -0.3 is 9.30 Å². The number of hydrogen-bond donors (Lipinski definition) is 0. The first-order valence-electron chi connectivity index (χ1n) is 5.22. The van der Waals surface area contributed by atoms with Crippen LogP contribution in [0.25, 0.3) is 10.9 Å². The number of benzene rings is 1. The fourth-order valence-corrected chi connectivity index (χ4v) is 1.97. The zero-order chi connectivity index (χ0) is 12.4. The molecule has 0 aliphatic carbocycles. The predicted octanol–water partition coefficient (Wildman–Crippen LogP) is 2.38. The molecule has 2 rings (SSSR count). The minimum atomic E-state index is -0.0139. The molecule has 0 atom stereocenters. The van der Waals surface area contributed by atoms with Crippen molar-refractivity contribution in [1.82, 2.24) is 4.57 Å². The van der Waals surface area contributed by atoms with Crippen molar-refractivity contribution in [2.45, 2.75) is 13.5 Å². The van der Waals surface area contributed by atoms with Crippen LogP contribution in [0.4, 0.5) is 0 Å². The molecule has 0 radical (unpaired) electrons. The highest BCUT2D eigenvalue weighted by molar-refractivity contribution is 6.08. The Kier molecular flexibility index (Phi) is 2.84. The highest BCUT2D eigenvalue weighted by atomic mass is 16.5. The summed E-state index contributed by atoms with van der Waals surface area (Å²) in [4.78, 5) is 11.5. The smallest absolute Gasteiger partial charge is 0.161 e. The van der Waals surface area contributed by atoms with Gasteiger partial charge in [-0.15, -0.1) is 0 Å². The van der Waals surface area contributed by atoms with E-state index in [9.17, 15) is 4.79 Å². The van der Waals surface area contributed by atoms with E-state index in [2.05, 4.69) is 6.07 Å². The molecule has 1 heterocycles. The van der Waals surface area contributed by atoms with Gasteiger partial charge in [-0.3, -0.25) is 4.79 Å². The third-order valence-corrected chi connectivity index (χ3v) is 2.70. The standard InChI is InChI=1S/C13H12N2O2/c1-9(16)11-8-15(7-6-14)13-10(11)4-3-5-12(13)17-2/h3-5,8H,7H2,1-2H3. The van der Waals surface area contributed by atoms with Gasteiger partial charge in [0.2, 0.25) is 0 Å². The SMILES string of the molecule is COc1cccc2c(C(C)=O)cn(CC#N)c12. The molecule has 0 saturated heterocycles. The van der Waals surface area contributed by atoms with Crippen molar-refractivity contribution in [2.75, 3.05) is 7.11 Å². The number of methoxy groups -OCH3 is 1. The van der Waals surface area contributed by atoms with Crippen molar-refractivity contribution in [2.24, 2.45) is 0 Å². The number of aromatic nitrogens is 1. The number of carbonyl (C=O) groups is 1. The quantitative estimate of drug-likeness (QED) is 0.758. The molecule has 0 amide bonds. The summed E-state index contributed by atoms with van der Waals surface area (Å²) in [6, 6.07) is 7.60. The molecular weight excluding hydrogens is 216 g/mol. The normalized spacial score (nSPS) is 10.2. The van der Waals surface area contributed by atoms with Crippen LogP contribution in [-0.2, 0) is 6.54 Å². The monoisotopic (exact) mass is 228 g/mol. The van der Waals surface area contributed by atoms with Crippen molar-refractivity contribution in [3.8, 4) is 11.8 Å². The number of nitrogens with zero attached hydrogens (tertiary/aromatic N) is 2. The van der Waals surface area contributed by atoms with Crippen LogP contribution in [0.2, 0.25) is 0 Å². The van der Waals surface area contributed by atoms with E-state index in [1.807, 2.05) is 18.2 Å². The van der Waals surface area contributed by atoms with Gasteiger partial charge in [-0.25, -0.2) is 0 Å². The van der Waals surface area contributed by atoms with Crippen LogP contribution < -0.4 is 4.74 Å². The molecule has 17 heavy (non-hydrogen) atoms. The summed E-state index contributed by atoms with van der Waals surface area (Å²) < 4.78 is 7.01. The van der Waals surface area contributed by atoms with Crippen LogP contribution in [0, 0.1) is 11.3 Å². The third-order valence-electron chi connectivity index (χ3n) is 2.70. The molecule has 0 fully saturated rings. The van der Waals surface area contributed by atoms with E-state index in [0.717, 1.165) is 10.9 Å². The molecule has 1 aromatic carbocycles. The Balaban J connectivity index is 2.81. The fourth-order valence-electron chi connectivity index (χ4n) is 1.97.